The number of benzene rings is 2. The predicted octanol–water partition coefficient (Wildman–Crippen LogP) is 4.21. The van der Waals surface area contributed by atoms with Gasteiger partial charge in [0.15, 0.2) is 4.77 Å². The van der Waals surface area contributed by atoms with Crippen molar-refractivity contribution in [3.05, 3.63) is 70.9 Å². The summed E-state index contributed by atoms with van der Waals surface area (Å²) < 4.78 is 15.7. The van der Waals surface area contributed by atoms with Gasteiger partial charge in [-0.25, -0.2) is 4.39 Å². The zero-order valence-electron chi connectivity index (χ0n) is 10.9. The molecule has 0 radical (unpaired) electrons. The molecule has 21 heavy (non-hydrogen) atoms. The van der Waals surface area contributed by atoms with Gasteiger partial charge in [-0.1, -0.05) is 30.3 Å². The van der Waals surface area contributed by atoms with E-state index in [4.69, 9.17) is 17.5 Å². The van der Waals surface area contributed by atoms with Crippen LogP contribution in [0.15, 0.2) is 54.7 Å². The predicted molar refractivity (Wildman–Crippen MR) is 81.1 cm³/mol. The van der Waals surface area contributed by atoms with E-state index >= 15 is 0 Å². The Balaban J connectivity index is 2.23. The van der Waals surface area contributed by atoms with Crippen molar-refractivity contribution in [3.8, 4) is 23.0 Å². The van der Waals surface area contributed by atoms with Crippen molar-refractivity contribution in [1.82, 2.24) is 9.55 Å². The van der Waals surface area contributed by atoms with Gasteiger partial charge in [-0.05, 0) is 30.4 Å². The second-order valence-electron chi connectivity index (χ2n) is 4.46. The smallest absolute Gasteiger partial charge is 0.182 e. The average molecular weight is 295 g/mol. The largest absolute Gasteiger partial charge is 0.336 e. The number of hydrogen-bond acceptors (Lipinski definition) is 2. The molecule has 2 aromatic carbocycles. The average Bonchev–Trinajstić information content (AvgIpc) is 2.90. The topological polar surface area (TPSA) is 44.5 Å². The number of nitriles is 1. The van der Waals surface area contributed by atoms with E-state index in [2.05, 4.69) is 4.98 Å². The fourth-order valence-corrected chi connectivity index (χ4v) is 2.45. The molecule has 0 saturated heterocycles. The number of aromatic nitrogens is 2. The first-order valence-electron chi connectivity index (χ1n) is 6.26. The quantitative estimate of drug-likeness (QED) is 0.720. The van der Waals surface area contributed by atoms with E-state index in [0.29, 0.717) is 10.5 Å². The molecule has 0 bridgehead atoms. The Morgan fingerprint density at radius 1 is 1.14 bits per heavy atom. The van der Waals surface area contributed by atoms with Crippen LogP contribution < -0.4 is 0 Å². The lowest BCUT2D eigenvalue weighted by molar-refractivity contribution is 0.623. The van der Waals surface area contributed by atoms with E-state index in [0.717, 1.165) is 11.3 Å². The zero-order chi connectivity index (χ0) is 14.8. The molecule has 0 atom stereocenters. The highest BCUT2D eigenvalue weighted by Crippen LogP contribution is 2.24. The highest BCUT2D eigenvalue weighted by atomic mass is 32.1. The van der Waals surface area contributed by atoms with Crippen molar-refractivity contribution < 1.29 is 4.39 Å². The lowest BCUT2D eigenvalue weighted by atomic mass is 10.1. The van der Waals surface area contributed by atoms with Crippen molar-refractivity contribution in [1.29, 1.82) is 5.26 Å². The van der Waals surface area contributed by atoms with Gasteiger partial charge in [0.1, 0.15) is 11.9 Å². The van der Waals surface area contributed by atoms with Gasteiger partial charge in [0.25, 0.3) is 0 Å². The summed E-state index contributed by atoms with van der Waals surface area (Å²) in [6.07, 6.45) is 1.80. The van der Waals surface area contributed by atoms with Crippen LogP contribution in [0.25, 0.3) is 16.9 Å². The standard InChI is InChI=1S/C16H10FN3S/c17-14-7-6-13(8-12(14)9-18)20-15(10-19-16(20)21)11-4-2-1-3-5-11/h1-8,10H,(H,19,21). The molecule has 102 valence electrons. The Morgan fingerprint density at radius 2 is 1.90 bits per heavy atom. The number of imidazole rings is 1. The van der Waals surface area contributed by atoms with Crippen LogP contribution in [-0.2, 0) is 0 Å². The first-order chi connectivity index (χ1) is 10.2. The number of aromatic amines is 1. The molecule has 0 aliphatic carbocycles. The Hall–Kier alpha value is -2.71. The zero-order valence-corrected chi connectivity index (χ0v) is 11.7. The molecule has 0 aliphatic rings. The summed E-state index contributed by atoms with van der Waals surface area (Å²) in [6, 6.07) is 15.9. The second-order valence-corrected chi connectivity index (χ2v) is 4.84. The van der Waals surface area contributed by atoms with E-state index in [-0.39, 0.29) is 5.56 Å². The number of hydrogen-bond donors (Lipinski definition) is 1. The number of nitrogens with zero attached hydrogens (tertiary/aromatic N) is 2. The van der Waals surface area contributed by atoms with E-state index in [9.17, 15) is 4.39 Å². The number of rotatable bonds is 2. The minimum Gasteiger partial charge on any atom is -0.336 e. The Bertz CT molecular complexity index is 888. The van der Waals surface area contributed by atoms with Gasteiger partial charge >= 0.3 is 0 Å². The molecule has 3 nitrogen and oxygen atoms in total. The number of H-pyrrole nitrogens is 1. The summed E-state index contributed by atoms with van der Waals surface area (Å²) in [5, 5.41) is 8.96. The van der Waals surface area contributed by atoms with E-state index in [1.165, 1.54) is 12.1 Å². The van der Waals surface area contributed by atoms with Crippen molar-refractivity contribution in [2.75, 3.05) is 0 Å². The summed E-state index contributed by atoms with van der Waals surface area (Å²) >= 11 is 5.30. The number of halogens is 1. The molecule has 1 N–H and O–H groups in total. The summed E-state index contributed by atoms with van der Waals surface area (Å²) in [4.78, 5) is 2.99. The van der Waals surface area contributed by atoms with Crippen LogP contribution in [0.1, 0.15) is 5.56 Å². The second kappa shape index (κ2) is 5.35. The van der Waals surface area contributed by atoms with Crippen molar-refractivity contribution >= 4 is 12.2 Å². The van der Waals surface area contributed by atoms with Crippen LogP contribution in [0, 0.1) is 21.9 Å². The molecule has 0 saturated carbocycles. The third-order valence-corrected chi connectivity index (χ3v) is 3.47. The van der Waals surface area contributed by atoms with Gasteiger partial charge in [0, 0.05) is 17.4 Å². The highest BCUT2D eigenvalue weighted by molar-refractivity contribution is 7.71. The minimum atomic E-state index is -0.537. The first kappa shape index (κ1) is 13.3. The SMILES string of the molecule is N#Cc1cc(-n2c(-c3ccccc3)c[nH]c2=S)ccc1F. The lowest BCUT2D eigenvalue weighted by Gasteiger charge is -2.09. The first-order valence-corrected chi connectivity index (χ1v) is 6.67. The van der Waals surface area contributed by atoms with Gasteiger partial charge in [-0.15, -0.1) is 0 Å². The normalized spacial score (nSPS) is 10.3. The van der Waals surface area contributed by atoms with E-state index in [1.54, 1.807) is 16.8 Å². The van der Waals surface area contributed by atoms with Crippen LogP contribution >= 0.6 is 12.2 Å². The van der Waals surface area contributed by atoms with E-state index in [1.807, 2.05) is 36.4 Å². The van der Waals surface area contributed by atoms with Crippen molar-refractivity contribution in [2.45, 2.75) is 0 Å². The third-order valence-electron chi connectivity index (χ3n) is 3.17. The summed E-state index contributed by atoms with van der Waals surface area (Å²) in [6.45, 7) is 0. The fourth-order valence-electron chi connectivity index (χ4n) is 2.18. The van der Waals surface area contributed by atoms with Gasteiger partial charge in [-0.3, -0.25) is 4.57 Å². The summed E-state index contributed by atoms with van der Waals surface area (Å²) in [7, 11) is 0. The van der Waals surface area contributed by atoms with Gasteiger partial charge in [-0.2, -0.15) is 5.26 Å². The molecule has 1 heterocycles. The van der Waals surface area contributed by atoms with Gasteiger partial charge < -0.3 is 4.98 Å². The fraction of sp³-hybridized carbons (Fsp3) is 0. The minimum absolute atomic E-state index is 0.00499. The van der Waals surface area contributed by atoms with Gasteiger partial charge in [0.2, 0.25) is 0 Å². The van der Waals surface area contributed by atoms with E-state index < -0.39 is 5.82 Å². The van der Waals surface area contributed by atoms with Crippen molar-refractivity contribution in [2.24, 2.45) is 0 Å². The molecule has 0 amide bonds. The lowest BCUT2D eigenvalue weighted by Crippen LogP contribution is -1.98. The maximum Gasteiger partial charge on any atom is 0.182 e. The van der Waals surface area contributed by atoms with Crippen LogP contribution in [0.2, 0.25) is 0 Å². The Kier molecular flexibility index (Phi) is 3.38. The molecular formula is C16H10FN3S. The monoisotopic (exact) mass is 295 g/mol. The molecule has 1 aromatic heterocycles. The van der Waals surface area contributed by atoms with Crippen LogP contribution in [0.3, 0.4) is 0 Å². The number of nitrogens with one attached hydrogen (secondary N) is 1. The molecule has 0 aliphatic heterocycles. The molecule has 3 aromatic rings. The van der Waals surface area contributed by atoms with Crippen LogP contribution in [0.5, 0.6) is 0 Å². The Labute approximate surface area is 125 Å². The van der Waals surface area contributed by atoms with Crippen molar-refractivity contribution in [3.63, 3.8) is 0 Å². The molecule has 5 heteroatoms. The summed E-state index contributed by atoms with van der Waals surface area (Å²) in [5.74, 6) is -0.537. The molecule has 0 fully saturated rings. The Morgan fingerprint density at radius 3 is 2.62 bits per heavy atom. The molecule has 3 rings (SSSR count). The maximum atomic E-state index is 13.5. The molecule has 0 spiro atoms. The molecular weight excluding hydrogens is 285 g/mol. The van der Waals surface area contributed by atoms with Crippen LogP contribution in [-0.4, -0.2) is 9.55 Å². The highest BCUT2D eigenvalue weighted by Gasteiger charge is 2.10. The third kappa shape index (κ3) is 2.37. The molecule has 0 unspecified atom stereocenters. The maximum absolute atomic E-state index is 13.5. The summed E-state index contributed by atoms with van der Waals surface area (Å²) in [5.41, 5.74) is 2.48. The van der Waals surface area contributed by atoms with Gasteiger partial charge in [0.05, 0.1) is 11.3 Å². The van der Waals surface area contributed by atoms with Crippen LogP contribution in [0.4, 0.5) is 4.39 Å².